The molecule has 0 spiro atoms. The molecule has 1 fully saturated rings. The highest BCUT2D eigenvalue weighted by molar-refractivity contribution is 6.00. The lowest BCUT2D eigenvalue weighted by Crippen LogP contribution is -2.66. The van der Waals surface area contributed by atoms with Crippen molar-refractivity contribution in [3.63, 3.8) is 0 Å². The molecule has 0 saturated heterocycles. The number of carbonyl (C=O) groups excluding carboxylic acids is 2. The summed E-state index contributed by atoms with van der Waals surface area (Å²) in [4.78, 5) is 29.1. The highest BCUT2D eigenvalue weighted by atomic mass is 16.5. The zero-order valence-electron chi connectivity index (χ0n) is 22.4. The molecule has 7 heteroatoms. The second kappa shape index (κ2) is 11.5. The predicted octanol–water partition coefficient (Wildman–Crippen LogP) is 5.58. The zero-order chi connectivity index (χ0) is 25.7. The van der Waals surface area contributed by atoms with Crippen LogP contribution in [0.5, 0.6) is 5.75 Å². The van der Waals surface area contributed by atoms with Crippen molar-refractivity contribution >= 4 is 11.8 Å². The summed E-state index contributed by atoms with van der Waals surface area (Å²) in [5, 5.41) is 8.08. The molecular weight excluding hydrogens is 452 g/mol. The van der Waals surface area contributed by atoms with Gasteiger partial charge in [-0.05, 0) is 70.4 Å². The van der Waals surface area contributed by atoms with Crippen LogP contribution in [0.2, 0.25) is 0 Å². The van der Waals surface area contributed by atoms with Crippen LogP contribution in [-0.4, -0.2) is 50.7 Å². The first-order valence-corrected chi connectivity index (χ1v) is 13.8. The second-order valence-electron chi connectivity index (χ2n) is 10.9. The molecule has 1 saturated carbocycles. The molecule has 1 aromatic heterocycles. The third-order valence-corrected chi connectivity index (χ3v) is 7.57. The Balaban J connectivity index is 1.56. The number of carbonyl (C=O) groups is 2. The van der Waals surface area contributed by atoms with Gasteiger partial charge in [0.15, 0.2) is 0 Å². The number of hydrogen-bond donors (Lipinski definition) is 1. The number of nitrogens with one attached hydrogen (secondary N) is 1. The van der Waals surface area contributed by atoms with E-state index in [1.807, 2.05) is 51.1 Å². The van der Waals surface area contributed by atoms with Crippen molar-refractivity contribution in [2.75, 3.05) is 6.61 Å². The Labute approximate surface area is 215 Å². The van der Waals surface area contributed by atoms with Gasteiger partial charge in [-0.1, -0.05) is 45.4 Å². The normalized spacial score (nSPS) is 21.1. The van der Waals surface area contributed by atoms with Crippen molar-refractivity contribution in [3.05, 3.63) is 36.0 Å². The molecule has 0 bridgehead atoms. The minimum atomic E-state index is -0.999. The summed E-state index contributed by atoms with van der Waals surface area (Å²) >= 11 is 0. The molecule has 2 amide bonds. The summed E-state index contributed by atoms with van der Waals surface area (Å²) < 4.78 is 7.50. The lowest BCUT2D eigenvalue weighted by Gasteiger charge is -2.46. The molecule has 1 aliphatic carbocycles. The Bertz CT molecular complexity index is 1040. The SMILES string of the molecule is CCCCOc1ccc(-c2cc3n(n2)CC(C)(C(=O)NC2CCCCCCC2)N(C(C)C)C3=O)cc1. The van der Waals surface area contributed by atoms with Gasteiger partial charge < -0.3 is 15.0 Å². The quantitative estimate of drug-likeness (QED) is 0.486. The van der Waals surface area contributed by atoms with E-state index >= 15 is 0 Å². The van der Waals surface area contributed by atoms with Crippen LogP contribution < -0.4 is 10.1 Å². The van der Waals surface area contributed by atoms with E-state index in [1.165, 1.54) is 19.3 Å². The summed E-state index contributed by atoms with van der Waals surface area (Å²) in [6, 6.07) is 9.73. The van der Waals surface area contributed by atoms with Crippen LogP contribution in [0.4, 0.5) is 0 Å². The zero-order valence-corrected chi connectivity index (χ0v) is 22.4. The van der Waals surface area contributed by atoms with Gasteiger partial charge in [-0.2, -0.15) is 5.10 Å². The van der Waals surface area contributed by atoms with Crippen LogP contribution in [-0.2, 0) is 11.3 Å². The van der Waals surface area contributed by atoms with Gasteiger partial charge >= 0.3 is 0 Å². The van der Waals surface area contributed by atoms with Crippen molar-refractivity contribution in [2.45, 2.75) is 110 Å². The minimum absolute atomic E-state index is 0.0774. The van der Waals surface area contributed by atoms with Crippen LogP contribution in [0.1, 0.15) is 96.0 Å². The first-order valence-electron chi connectivity index (χ1n) is 13.8. The fourth-order valence-corrected chi connectivity index (χ4v) is 5.55. The summed E-state index contributed by atoms with van der Waals surface area (Å²) in [7, 11) is 0. The average Bonchev–Trinajstić information content (AvgIpc) is 3.25. The maximum atomic E-state index is 13.7. The number of hydrogen-bond acceptors (Lipinski definition) is 4. The number of ether oxygens (including phenoxy) is 1. The van der Waals surface area contributed by atoms with Gasteiger partial charge in [-0.3, -0.25) is 14.3 Å². The molecule has 1 N–H and O–H groups in total. The fraction of sp³-hybridized carbons (Fsp3) is 0.621. The van der Waals surface area contributed by atoms with Gasteiger partial charge in [0.25, 0.3) is 5.91 Å². The van der Waals surface area contributed by atoms with Crippen molar-refractivity contribution < 1.29 is 14.3 Å². The number of nitrogens with zero attached hydrogens (tertiary/aromatic N) is 3. The highest BCUT2D eigenvalue weighted by Gasteiger charge is 2.49. The van der Waals surface area contributed by atoms with Crippen LogP contribution in [0, 0.1) is 0 Å². The van der Waals surface area contributed by atoms with Crippen molar-refractivity contribution in [3.8, 4) is 17.0 Å². The Morgan fingerprint density at radius 2 is 1.81 bits per heavy atom. The third-order valence-electron chi connectivity index (χ3n) is 7.57. The molecule has 1 atom stereocenters. The molecule has 1 aromatic carbocycles. The number of unbranched alkanes of at least 4 members (excludes halogenated alkanes) is 1. The third kappa shape index (κ3) is 5.60. The van der Waals surface area contributed by atoms with E-state index in [1.54, 1.807) is 9.58 Å². The molecule has 4 rings (SSSR count). The van der Waals surface area contributed by atoms with E-state index in [-0.39, 0.29) is 23.9 Å². The van der Waals surface area contributed by atoms with Gasteiger partial charge in [-0.15, -0.1) is 0 Å². The second-order valence-corrected chi connectivity index (χ2v) is 10.9. The maximum Gasteiger partial charge on any atom is 0.273 e. The van der Waals surface area contributed by atoms with Gasteiger partial charge in [0.2, 0.25) is 5.91 Å². The van der Waals surface area contributed by atoms with Gasteiger partial charge in [0.05, 0.1) is 18.8 Å². The van der Waals surface area contributed by atoms with Crippen LogP contribution in [0.25, 0.3) is 11.3 Å². The lowest BCUT2D eigenvalue weighted by atomic mass is 9.91. The van der Waals surface area contributed by atoms with Crippen LogP contribution in [0.3, 0.4) is 0 Å². The number of rotatable bonds is 8. The Hall–Kier alpha value is -2.83. The van der Waals surface area contributed by atoms with E-state index < -0.39 is 5.54 Å². The molecule has 2 aromatic rings. The van der Waals surface area contributed by atoms with E-state index in [2.05, 4.69) is 12.2 Å². The number of fused-ring (bicyclic) bond motifs is 1. The number of amides is 2. The fourth-order valence-electron chi connectivity index (χ4n) is 5.55. The van der Waals surface area contributed by atoms with E-state index in [0.717, 1.165) is 55.5 Å². The standard InChI is InChI=1S/C29H42N4O3/c1-5-6-18-36-24-16-14-22(15-17-24)25-19-26-27(34)33(21(2)3)29(4,20-32(26)31-25)28(35)30-23-12-10-8-7-9-11-13-23/h14-17,19,21,23H,5-13,18,20H2,1-4H3,(H,30,35). The molecule has 1 unspecified atom stereocenters. The molecule has 2 aliphatic rings. The predicted molar refractivity (Wildman–Crippen MR) is 142 cm³/mol. The monoisotopic (exact) mass is 494 g/mol. The summed E-state index contributed by atoms with van der Waals surface area (Å²) in [6.07, 6.45) is 10.2. The summed E-state index contributed by atoms with van der Waals surface area (Å²) in [5.74, 6) is 0.605. The topological polar surface area (TPSA) is 76.5 Å². The Kier molecular flexibility index (Phi) is 8.37. The van der Waals surface area contributed by atoms with E-state index in [9.17, 15) is 9.59 Å². The first kappa shape index (κ1) is 26.2. The number of benzene rings is 1. The lowest BCUT2D eigenvalue weighted by molar-refractivity contribution is -0.135. The van der Waals surface area contributed by atoms with E-state index in [0.29, 0.717) is 18.8 Å². The van der Waals surface area contributed by atoms with Crippen molar-refractivity contribution in [1.82, 2.24) is 20.0 Å². The average molecular weight is 495 g/mol. The smallest absolute Gasteiger partial charge is 0.273 e. The summed E-state index contributed by atoms with van der Waals surface area (Å²) in [5.41, 5.74) is 1.18. The molecule has 36 heavy (non-hydrogen) atoms. The van der Waals surface area contributed by atoms with Crippen molar-refractivity contribution in [2.24, 2.45) is 0 Å². The van der Waals surface area contributed by atoms with Crippen molar-refractivity contribution in [1.29, 1.82) is 0 Å². The van der Waals surface area contributed by atoms with Gasteiger partial charge in [0.1, 0.15) is 17.0 Å². The number of aromatic nitrogens is 2. The highest BCUT2D eigenvalue weighted by Crippen LogP contribution is 2.32. The first-order chi connectivity index (χ1) is 17.3. The van der Waals surface area contributed by atoms with Crippen LogP contribution in [0.15, 0.2) is 30.3 Å². The Morgan fingerprint density at radius 1 is 1.14 bits per heavy atom. The molecule has 2 heterocycles. The molecule has 1 aliphatic heterocycles. The minimum Gasteiger partial charge on any atom is -0.494 e. The van der Waals surface area contributed by atoms with Gasteiger partial charge in [0, 0.05) is 17.6 Å². The largest absolute Gasteiger partial charge is 0.494 e. The van der Waals surface area contributed by atoms with E-state index in [4.69, 9.17) is 9.84 Å². The molecule has 196 valence electrons. The van der Waals surface area contributed by atoms with Gasteiger partial charge in [-0.25, -0.2) is 0 Å². The maximum absolute atomic E-state index is 13.7. The Morgan fingerprint density at radius 3 is 2.44 bits per heavy atom. The molecule has 7 nitrogen and oxygen atoms in total. The van der Waals surface area contributed by atoms with Crippen LogP contribution >= 0.6 is 0 Å². The summed E-state index contributed by atoms with van der Waals surface area (Å²) in [6.45, 7) is 9.02. The molecule has 0 radical (unpaired) electrons. The molecular formula is C29H42N4O3.